The summed E-state index contributed by atoms with van der Waals surface area (Å²) in [4.78, 5) is 0.0103. The molecule has 19 heavy (non-hydrogen) atoms. The van der Waals surface area contributed by atoms with E-state index in [0.717, 1.165) is 24.3 Å². The maximum atomic E-state index is 13.9. The Hall–Kier alpha value is -0.440. The fourth-order valence-electron chi connectivity index (χ4n) is 3.98. The van der Waals surface area contributed by atoms with Gasteiger partial charge in [-0.3, -0.25) is 0 Å². The van der Waals surface area contributed by atoms with Gasteiger partial charge in [-0.25, -0.2) is 8.78 Å². The highest BCUT2D eigenvalue weighted by atomic mass is 79.9. The predicted octanol–water partition coefficient (Wildman–Crippen LogP) is 5.54. The zero-order chi connectivity index (χ0) is 13.6. The van der Waals surface area contributed by atoms with E-state index in [0.29, 0.717) is 17.0 Å². The van der Waals surface area contributed by atoms with Crippen molar-refractivity contribution in [2.75, 3.05) is 0 Å². The van der Waals surface area contributed by atoms with E-state index in [2.05, 4.69) is 15.9 Å². The Morgan fingerprint density at radius 2 is 2.00 bits per heavy atom. The van der Waals surface area contributed by atoms with Gasteiger partial charge in [0.15, 0.2) is 0 Å². The van der Waals surface area contributed by atoms with E-state index in [1.54, 1.807) is 13.0 Å². The molecule has 2 fully saturated rings. The Balaban J connectivity index is 1.73. The third-order valence-corrected chi connectivity index (χ3v) is 5.88. The number of aryl methyl sites for hydroxylation is 1. The lowest BCUT2D eigenvalue weighted by Gasteiger charge is -2.24. The van der Waals surface area contributed by atoms with E-state index < -0.39 is 11.6 Å². The highest BCUT2D eigenvalue weighted by molar-refractivity contribution is 9.09. The molecule has 104 valence electrons. The molecule has 1 aromatic rings. The first-order chi connectivity index (χ1) is 9.04. The van der Waals surface area contributed by atoms with Crippen molar-refractivity contribution in [1.29, 1.82) is 0 Å². The summed E-state index contributed by atoms with van der Waals surface area (Å²) in [6.45, 7) is 1.69. The molecule has 0 radical (unpaired) electrons. The van der Waals surface area contributed by atoms with Crippen molar-refractivity contribution in [2.45, 2.75) is 43.9 Å². The lowest BCUT2D eigenvalue weighted by atomic mass is 9.84. The number of rotatable bonds is 3. The van der Waals surface area contributed by atoms with E-state index in [9.17, 15) is 8.78 Å². The summed E-state index contributed by atoms with van der Waals surface area (Å²) >= 11 is 3.61. The summed E-state index contributed by atoms with van der Waals surface area (Å²) in [6, 6.07) is 2.66. The molecule has 0 aliphatic heterocycles. The van der Waals surface area contributed by atoms with E-state index in [1.165, 1.54) is 25.7 Å². The SMILES string of the molecule is Cc1cc(C(Br)CC2CC3CCC2C3)c(F)cc1F. The Kier molecular flexibility index (Phi) is 3.67. The molecule has 4 atom stereocenters. The number of halogens is 3. The molecule has 2 aliphatic rings. The summed E-state index contributed by atoms with van der Waals surface area (Å²) in [5.74, 6) is 1.59. The van der Waals surface area contributed by atoms with Crippen molar-refractivity contribution in [1.82, 2.24) is 0 Å². The molecule has 3 heteroatoms. The molecule has 0 spiro atoms. The van der Waals surface area contributed by atoms with Crippen molar-refractivity contribution in [3.8, 4) is 0 Å². The molecule has 1 aromatic carbocycles. The topological polar surface area (TPSA) is 0 Å². The predicted molar refractivity (Wildman–Crippen MR) is 76.3 cm³/mol. The quantitative estimate of drug-likeness (QED) is 0.639. The minimum Gasteiger partial charge on any atom is -0.207 e. The zero-order valence-electron chi connectivity index (χ0n) is 11.1. The highest BCUT2D eigenvalue weighted by Gasteiger charge is 2.40. The van der Waals surface area contributed by atoms with Crippen LogP contribution >= 0.6 is 15.9 Å². The van der Waals surface area contributed by atoms with E-state index in [-0.39, 0.29) is 4.83 Å². The van der Waals surface area contributed by atoms with Crippen LogP contribution in [0.15, 0.2) is 12.1 Å². The van der Waals surface area contributed by atoms with Gasteiger partial charge in [0, 0.05) is 16.5 Å². The molecule has 2 bridgehead atoms. The van der Waals surface area contributed by atoms with Crippen molar-refractivity contribution in [2.24, 2.45) is 17.8 Å². The largest absolute Gasteiger partial charge is 0.207 e. The average Bonchev–Trinajstić information content (AvgIpc) is 2.95. The van der Waals surface area contributed by atoms with E-state index >= 15 is 0 Å². The van der Waals surface area contributed by atoms with Crippen molar-refractivity contribution in [3.63, 3.8) is 0 Å². The molecule has 2 saturated carbocycles. The van der Waals surface area contributed by atoms with Crippen LogP contribution in [0.5, 0.6) is 0 Å². The summed E-state index contributed by atoms with van der Waals surface area (Å²) in [5, 5.41) is 0. The Labute approximate surface area is 121 Å². The second kappa shape index (κ2) is 5.16. The van der Waals surface area contributed by atoms with Gasteiger partial charge < -0.3 is 0 Å². The summed E-state index contributed by atoms with van der Waals surface area (Å²) < 4.78 is 27.2. The molecule has 0 amide bonds. The molecule has 4 unspecified atom stereocenters. The van der Waals surface area contributed by atoms with Crippen molar-refractivity contribution in [3.05, 3.63) is 34.9 Å². The smallest absolute Gasteiger partial charge is 0.130 e. The number of hydrogen-bond donors (Lipinski definition) is 0. The number of hydrogen-bond acceptors (Lipinski definition) is 0. The molecule has 3 rings (SSSR count). The van der Waals surface area contributed by atoms with E-state index in [4.69, 9.17) is 0 Å². The molecule has 2 aliphatic carbocycles. The van der Waals surface area contributed by atoms with Crippen LogP contribution in [0.25, 0.3) is 0 Å². The molecule has 0 N–H and O–H groups in total. The Bertz CT molecular complexity index is 486. The van der Waals surface area contributed by atoms with Crippen molar-refractivity contribution < 1.29 is 8.78 Å². The van der Waals surface area contributed by atoms with Gasteiger partial charge in [0.25, 0.3) is 0 Å². The lowest BCUT2D eigenvalue weighted by Crippen LogP contribution is -2.13. The van der Waals surface area contributed by atoms with Crippen LogP contribution in [0.4, 0.5) is 8.78 Å². The van der Waals surface area contributed by atoms with Crippen LogP contribution in [-0.4, -0.2) is 0 Å². The van der Waals surface area contributed by atoms with Gasteiger partial charge >= 0.3 is 0 Å². The van der Waals surface area contributed by atoms with Crippen LogP contribution in [0.2, 0.25) is 0 Å². The molecule has 0 nitrogen and oxygen atoms in total. The van der Waals surface area contributed by atoms with Gasteiger partial charge in [-0.05, 0) is 62.0 Å². The molecular weight excluding hydrogens is 310 g/mol. The van der Waals surface area contributed by atoms with Crippen LogP contribution in [-0.2, 0) is 0 Å². The minimum atomic E-state index is -0.458. The lowest BCUT2D eigenvalue weighted by molar-refractivity contribution is 0.313. The van der Waals surface area contributed by atoms with Gasteiger partial charge in [0.05, 0.1) is 0 Å². The fraction of sp³-hybridized carbons (Fsp3) is 0.625. The van der Waals surface area contributed by atoms with Gasteiger partial charge in [-0.15, -0.1) is 0 Å². The molecule has 0 heterocycles. The maximum Gasteiger partial charge on any atom is 0.130 e. The number of benzene rings is 1. The summed E-state index contributed by atoms with van der Waals surface area (Å²) in [7, 11) is 0. The fourth-order valence-corrected chi connectivity index (χ4v) is 4.81. The van der Waals surface area contributed by atoms with Gasteiger partial charge in [-0.1, -0.05) is 22.4 Å². The number of fused-ring (bicyclic) bond motifs is 2. The van der Waals surface area contributed by atoms with Crippen LogP contribution in [0.1, 0.15) is 48.1 Å². The average molecular weight is 329 g/mol. The Morgan fingerprint density at radius 3 is 2.63 bits per heavy atom. The summed E-state index contributed by atoms with van der Waals surface area (Å²) in [5.41, 5.74) is 1.13. The molecule has 0 saturated heterocycles. The first kappa shape index (κ1) is 13.5. The molecule has 0 aromatic heterocycles. The normalized spacial score (nSPS) is 30.8. The maximum absolute atomic E-state index is 13.9. The van der Waals surface area contributed by atoms with E-state index in [1.807, 2.05) is 0 Å². The third kappa shape index (κ3) is 2.58. The highest BCUT2D eigenvalue weighted by Crippen LogP contribution is 2.52. The first-order valence-electron chi connectivity index (χ1n) is 7.14. The monoisotopic (exact) mass is 328 g/mol. The second-order valence-electron chi connectivity index (χ2n) is 6.26. The Morgan fingerprint density at radius 1 is 1.21 bits per heavy atom. The van der Waals surface area contributed by atoms with Gasteiger partial charge in [0.2, 0.25) is 0 Å². The number of alkyl halides is 1. The van der Waals surface area contributed by atoms with Gasteiger partial charge in [-0.2, -0.15) is 0 Å². The first-order valence-corrected chi connectivity index (χ1v) is 8.05. The van der Waals surface area contributed by atoms with Crippen LogP contribution in [0.3, 0.4) is 0 Å². The third-order valence-electron chi connectivity index (χ3n) is 5.01. The summed E-state index contributed by atoms with van der Waals surface area (Å²) in [6.07, 6.45) is 6.38. The van der Waals surface area contributed by atoms with Crippen molar-refractivity contribution >= 4 is 15.9 Å². The molecular formula is C16H19BrF2. The van der Waals surface area contributed by atoms with Crippen LogP contribution < -0.4 is 0 Å². The zero-order valence-corrected chi connectivity index (χ0v) is 12.7. The van der Waals surface area contributed by atoms with Gasteiger partial charge in [0.1, 0.15) is 11.6 Å². The van der Waals surface area contributed by atoms with Crippen LogP contribution in [0, 0.1) is 36.3 Å². The minimum absolute atomic E-state index is 0.0103. The standard InChI is InChI=1S/C16H19BrF2/c1-9-4-13(16(19)8-15(9)18)14(17)7-12-6-10-2-3-11(12)5-10/h4,8,10-12,14H,2-3,5-7H2,1H3. The second-order valence-corrected chi connectivity index (χ2v) is 7.37.